The van der Waals surface area contributed by atoms with Gasteiger partial charge in [0.25, 0.3) is 5.91 Å². The molecule has 1 atom stereocenters. The zero-order chi connectivity index (χ0) is 13.9. The van der Waals surface area contributed by atoms with Gasteiger partial charge in [-0.15, -0.1) is 0 Å². The minimum atomic E-state index is -2.12. The zero-order valence-corrected chi connectivity index (χ0v) is 10.0. The molecule has 6 nitrogen and oxygen atoms in total. The molecule has 0 spiro atoms. The summed E-state index contributed by atoms with van der Waals surface area (Å²) in [7, 11) is 0. The second kappa shape index (κ2) is 5.28. The maximum absolute atomic E-state index is 12.9. The Balaban J connectivity index is 2.78. The number of amides is 1. The molecule has 0 aromatic carbocycles. The SMILES string of the molecule is CC(O)(CNC(=O)c1cc(F)cnc1Cl)C(=O)O. The topological polar surface area (TPSA) is 99.5 Å². The third kappa shape index (κ3) is 3.38. The molecule has 1 aromatic rings. The minimum absolute atomic E-state index is 0.219. The summed E-state index contributed by atoms with van der Waals surface area (Å²) < 4.78 is 12.9. The van der Waals surface area contributed by atoms with Gasteiger partial charge < -0.3 is 15.5 Å². The summed E-state index contributed by atoms with van der Waals surface area (Å²) in [4.78, 5) is 25.6. The van der Waals surface area contributed by atoms with E-state index in [1.54, 1.807) is 0 Å². The van der Waals surface area contributed by atoms with Crippen molar-refractivity contribution in [2.24, 2.45) is 0 Å². The first-order valence-electron chi connectivity index (χ1n) is 4.79. The predicted molar refractivity (Wildman–Crippen MR) is 59.8 cm³/mol. The van der Waals surface area contributed by atoms with Crippen molar-refractivity contribution in [3.8, 4) is 0 Å². The number of carboxylic acid groups (broad SMARTS) is 1. The largest absolute Gasteiger partial charge is 0.479 e. The van der Waals surface area contributed by atoms with E-state index < -0.39 is 29.8 Å². The van der Waals surface area contributed by atoms with Gasteiger partial charge in [0.15, 0.2) is 5.60 Å². The lowest BCUT2D eigenvalue weighted by Crippen LogP contribution is -2.46. The summed E-state index contributed by atoms with van der Waals surface area (Å²) in [5.41, 5.74) is -2.36. The number of aromatic nitrogens is 1. The Morgan fingerprint density at radius 1 is 1.61 bits per heavy atom. The molecule has 0 radical (unpaired) electrons. The summed E-state index contributed by atoms with van der Waals surface area (Å²) in [5, 5.41) is 19.9. The Hall–Kier alpha value is -1.73. The van der Waals surface area contributed by atoms with Crippen molar-refractivity contribution in [2.75, 3.05) is 6.54 Å². The molecule has 3 N–H and O–H groups in total. The molecule has 0 bridgehead atoms. The summed E-state index contributed by atoms with van der Waals surface area (Å²) in [6, 6.07) is 0.861. The molecule has 1 amide bonds. The Labute approximate surface area is 106 Å². The summed E-state index contributed by atoms with van der Waals surface area (Å²) in [6.07, 6.45) is 0.840. The summed E-state index contributed by atoms with van der Waals surface area (Å²) >= 11 is 5.59. The second-order valence-electron chi connectivity index (χ2n) is 3.75. The van der Waals surface area contributed by atoms with Gasteiger partial charge in [-0.05, 0) is 13.0 Å². The fourth-order valence-electron chi connectivity index (χ4n) is 1.01. The van der Waals surface area contributed by atoms with Crippen molar-refractivity contribution in [2.45, 2.75) is 12.5 Å². The average molecular weight is 277 g/mol. The van der Waals surface area contributed by atoms with Crippen LogP contribution in [0.4, 0.5) is 4.39 Å². The lowest BCUT2D eigenvalue weighted by Gasteiger charge is -2.18. The first-order valence-corrected chi connectivity index (χ1v) is 5.17. The highest BCUT2D eigenvalue weighted by molar-refractivity contribution is 6.32. The van der Waals surface area contributed by atoms with E-state index in [4.69, 9.17) is 16.7 Å². The fraction of sp³-hybridized carbons (Fsp3) is 0.300. The van der Waals surface area contributed by atoms with Crippen molar-refractivity contribution in [1.82, 2.24) is 10.3 Å². The van der Waals surface area contributed by atoms with Crippen molar-refractivity contribution in [3.05, 3.63) is 28.8 Å². The Bertz CT molecular complexity index is 493. The number of hydrogen-bond acceptors (Lipinski definition) is 4. The number of aliphatic carboxylic acids is 1. The molecule has 8 heteroatoms. The molecule has 18 heavy (non-hydrogen) atoms. The van der Waals surface area contributed by atoms with E-state index in [9.17, 15) is 19.1 Å². The van der Waals surface area contributed by atoms with Gasteiger partial charge >= 0.3 is 5.97 Å². The number of rotatable bonds is 4. The molecule has 0 aliphatic heterocycles. The third-order valence-electron chi connectivity index (χ3n) is 2.10. The maximum Gasteiger partial charge on any atom is 0.337 e. The van der Waals surface area contributed by atoms with Crippen LogP contribution in [0.25, 0.3) is 0 Å². The van der Waals surface area contributed by atoms with E-state index in [0.717, 1.165) is 19.2 Å². The zero-order valence-electron chi connectivity index (χ0n) is 9.28. The first-order chi connectivity index (χ1) is 8.24. The fourth-order valence-corrected chi connectivity index (χ4v) is 1.19. The molecule has 0 saturated carbocycles. The number of aliphatic hydroxyl groups is 1. The van der Waals surface area contributed by atoms with Crippen LogP contribution in [-0.4, -0.2) is 39.2 Å². The van der Waals surface area contributed by atoms with E-state index in [2.05, 4.69) is 10.3 Å². The molecule has 1 heterocycles. The van der Waals surface area contributed by atoms with E-state index in [1.807, 2.05) is 0 Å². The molecule has 98 valence electrons. The number of carbonyl (C=O) groups is 2. The molecule has 1 aromatic heterocycles. The van der Waals surface area contributed by atoms with Crippen LogP contribution in [-0.2, 0) is 4.79 Å². The lowest BCUT2D eigenvalue weighted by molar-refractivity contribution is -0.155. The molecule has 0 aliphatic carbocycles. The molecule has 0 fully saturated rings. The van der Waals surface area contributed by atoms with E-state index in [1.165, 1.54) is 0 Å². The maximum atomic E-state index is 12.9. The van der Waals surface area contributed by atoms with Crippen LogP contribution in [0.15, 0.2) is 12.3 Å². The number of carbonyl (C=O) groups excluding carboxylic acids is 1. The van der Waals surface area contributed by atoms with Gasteiger partial charge in [0, 0.05) is 0 Å². The Morgan fingerprint density at radius 2 is 2.22 bits per heavy atom. The van der Waals surface area contributed by atoms with Crippen LogP contribution in [0, 0.1) is 5.82 Å². The molecule has 1 rings (SSSR count). The van der Waals surface area contributed by atoms with Crippen LogP contribution < -0.4 is 5.32 Å². The highest BCUT2D eigenvalue weighted by Crippen LogP contribution is 2.13. The Kier molecular flexibility index (Phi) is 4.20. The quantitative estimate of drug-likeness (QED) is 0.693. The number of nitrogens with one attached hydrogen (secondary N) is 1. The summed E-state index contributed by atoms with van der Waals surface area (Å²) in [6.45, 7) is 0.467. The van der Waals surface area contributed by atoms with Gasteiger partial charge in [-0.3, -0.25) is 4.79 Å². The van der Waals surface area contributed by atoms with Gasteiger partial charge in [-0.2, -0.15) is 0 Å². The molecule has 1 unspecified atom stereocenters. The monoisotopic (exact) mass is 276 g/mol. The van der Waals surface area contributed by atoms with Gasteiger partial charge in [0.1, 0.15) is 11.0 Å². The van der Waals surface area contributed by atoms with Gasteiger partial charge in [0.2, 0.25) is 0 Å². The van der Waals surface area contributed by atoms with Crippen LogP contribution in [0.2, 0.25) is 5.15 Å². The number of pyridine rings is 1. The van der Waals surface area contributed by atoms with Crippen LogP contribution in [0.5, 0.6) is 0 Å². The van der Waals surface area contributed by atoms with E-state index >= 15 is 0 Å². The lowest BCUT2D eigenvalue weighted by atomic mass is 10.1. The smallest absolute Gasteiger partial charge is 0.337 e. The molecule has 0 saturated heterocycles. The van der Waals surface area contributed by atoms with Crippen LogP contribution >= 0.6 is 11.6 Å². The number of hydrogen-bond donors (Lipinski definition) is 3. The van der Waals surface area contributed by atoms with Gasteiger partial charge in [-0.1, -0.05) is 11.6 Å². The first kappa shape index (κ1) is 14.3. The van der Waals surface area contributed by atoms with Crippen molar-refractivity contribution in [1.29, 1.82) is 0 Å². The average Bonchev–Trinajstić information content (AvgIpc) is 2.29. The number of halogens is 2. The minimum Gasteiger partial charge on any atom is -0.479 e. The van der Waals surface area contributed by atoms with Gasteiger partial charge in [0.05, 0.1) is 18.3 Å². The standard InChI is InChI=1S/C10H10ClFN2O4/c1-10(18,9(16)17)4-14-8(15)6-2-5(12)3-13-7(6)11/h2-3,18H,4H2,1H3,(H,14,15)(H,16,17). The normalized spacial score (nSPS) is 13.8. The number of nitrogens with zero attached hydrogens (tertiary/aromatic N) is 1. The van der Waals surface area contributed by atoms with Crippen LogP contribution in [0.1, 0.15) is 17.3 Å². The predicted octanol–water partition coefficient (Wildman–Crippen LogP) is 0.440. The third-order valence-corrected chi connectivity index (χ3v) is 2.41. The van der Waals surface area contributed by atoms with E-state index in [-0.39, 0.29) is 10.7 Å². The van der Waals surface area contributed by atoms with E-state index in [0.29, 0.717) is 0 Å². The van der Waals surface area contributed by atoms with Gasteiger partial charge in [-0.25, -0.2) is 14.2 Å². The van der Waals surface area contributed by atoms with Crippen LogP contribution in [0.3, 0.4) is 0 Å². The second-order valence-corrected chi connectivity index (χ2v) is 4.11. The van der Waals surface area contributed by atoms with Crippen molar-refractivity contribution < 1.29 is 24.2 Å². The molecular formula is C10H10ClFN2O4. The summed E-state index contributed by atoms with van der Waals surface area (Å²) in [5.74, 6) is -3.07. The number of carboxylic acids is 1. The molecule has 0 aliphatic rings. The highest BCUT2D eigenvalue weighted by Gasteiger charge is 2.30. The van der Waals surface area contributed by atoms with Crippen molar-refractivity contribution in [3.63, 3.8) is 0 Å². The van der Waals surface area contributed by atoms with Crippen molar-refractivity contribution >= 4 is 23.5 Å². The molecular weight excluding hydrogens is 267 g/mol. The Morgan fingerprint density at radius 3 is 2.78 bits per heavy atom. The highest BCUT2D eigenvalue weighted by atomic mass is 35.5.